The maximum Gasteiger partial charge on any atom is 0.314 e. The molecule has 0 unspecified atom stereocenters. The summed E-state index contributed by atoms with van der Waals surface area (Å²) in [5, 5.41) is 10.6. The molecular weight excluding hydrogens is 246 g/mol. The molecule has 0 radical (unpaired) electrons. The zero-order chi connectivity index (χ0) is 13.4. The second kappa shape index (κ2) is 4.28. The minimum atomic E-state index is -3.54. The van der Waals surface area contributed by atoms with Gasteiger partial charge in [-0.15, -0.1) is 0 Å². The predicted molar refractivity (Wildman–Crippen MR) is 62.5 cm³/mol. The zero-order valence-corrected chi connectivity index (χ0v) is 10.5. The van der Waals surface area contributed by atoms with Gasteiger partial charge in [-0.1, -0.05) is 13.8 Å². The van der Waals surface area contributed by atoms with E-state index in [1.165, 1.54) is 6.07 Å². The first-order valence-electron chi connectivity index (χ1n) is 4.79. The molecule has 0 aliphatic carbocycles. The summed E-state index contributed by atoms with van der Waals surface area (Å²) in [6.07, 6.45) is 0.977. The molecule has 0 saturated heterocycles. The Morgan fingerprint density at radius 3 is 2.35 bits per heavy atom. The molecule has 0 aromatic carbocycles. The number of pyridine rings is 1. The number of hydrogen-bond acceptors (Lipinski definition) is 6. The molecule has 0 bridgehead atoms. The van der Waals surface area contributed by atoms with Crippen LogP contribution >= 0.6 is 0 Å². The first kappa shape index (κ1) is 13.4. The van der Waals surface area contributed by atoms with E-state index in [4.69, 9.17) is 5.73 Å². The Balaban J connectivity index is 3.64. The van der Waals surface area contributed by atoms with Crippen LogP contribution in [0.2, 0.25) is 0 Å². The van der Waals surface area contributed by atoms with Crippen molar-refractivity contribution in [3.05, 3.63) is 21.7 Å². The Morgan fingerprint density at radius 1 is 1.47 bits per heavy atom. The Kier molecular flexibility index (Phi) is 3.37. The van der Waals surface area contributed by atoms with E-state index in [2.05, 4.69) is 4.98 Å². The fraction of sp³-hybridized carbons (Fsp3) is 0.444. The topological polar surface area (TPSA) is 116 Å². The summed E-state index contributed by atoms with van der Waals surface area (Å²) in [5.74, 6) is -0.595. The van der Waals surface area contributed by atoms with Gasteiger partial charge in [0.05, 0.1) is 4.92 Å². The van der Waals surface area contributed by atoms with Gasteiger partial charge in [-0.3, -0.25) is 10.1 Å². The van der Waals surface area contributed by atoms with Crippen LogP contribution in [0.3, 0.4) is 0 Å². The molecule has 1 aromatic rings. The lowest BCUT2D eigenvalue weighted by molar-refractivity contribution is -0.385. The van der Waals surface area contributed by atoms with Gasteiger partial charge in [-0.25, -0.2) is 13.4 Å². The molecule has 7 nitrogen and oxygen atoms in total. The van der Waals surface area contributed by atoms with Crippen LogP contribution in [0.15, 0.2) is 11.1 Å². The lowest BCUT2D eigenvalue weighted by atomic mass is 10.0. The van der Waals surface area contributed by atoms with Crippen molar-refractivity contribution in [3.63, 3.8) is 0 Å². The third-order valence-electron chi connectivity index (χ3n) is 2.21. The number of rotatable bonds is 3. The fourth-order valence-corrected chi connectivity index (χ4v) is 1.99. The molecule has 17 heavy (non-hydrogen) atoms. The monoisotopic (exact) mass is 259 g/mol. The van der Waals surface area contributed by atoms with Gasteiger partial charge in [0, 0.05) is 11.8 Å². The number of sulfone groups is 1. The SMILES string of the molecule is CC(C)c1cc(S(C)(=O)=O)nc(N)c1[N+](=O)[O-]. The van der Waals surface area contributed by atoms with Gasteiger partial charge in [0.25, 0.3) is 0 Å². The van der Waals surface area contributed by atoms with Crippen LogP contribution in [0, 0.1) is 10.1 Å². The van der Waals surface area contributed by atoms with E-state index in [9.17, 15) is 18.5 Å². The van der Waals surface area contributed by atoms with E-state index in [1.54, 1.807) is 13.8 Å². The maximum atomic E-state index is 11.4. The molecule has 1 heterocycles. The van der Waals surface area contributed by atoms with E-state index in [-0.39, 0.29) is 28.0 Å². The minimum Gasteiger partial charge on any atom is -0.378 e. The van der Waals surface area contributed by atoms with Crippen molar-refractivity contribution >= 4 is 21.3 Å². The average Bonchev–Trinajstić information content (AvgIpc) is 2.13. The predicted octanol–water partition coefficient (Wildman–Crippen LogP) is 1.10. The van der Waals surface area contributed by atoms with E-state index in [1.807, 2.05) is 0 Å². The highest BCUT2D eigenvalue weighted by Gasteiger charge is 2.25. The third-order valence-corrected chi connectivity index (χ3v) is 3.18. The molecule has 1 aromatic heterocycles. The highest BCUT2D eigenvalue weighted by atomic mass is 32.2. The van der Waals surface area contributed by atoms with Gasteiger partial charge in [0.1, 0.15) is 0 Å². The van der Waals surface area contributed by atoms with Crippen molar-refractivity contribution in [2.24, 2.45) is 0 Å². The number of aromatic nitrogens is 1. The van der Waals surface area contributed by atoms with E-state index in [0.717, 1.165) is 6.26 Å². The molecule has 0 aliphatic heterocycles. The van der Waals surface area contributed by atoms with Crippen LogP contribution in [-0.2, 0) is 9.84 Å². The van der Waals surface area contributed by atoms with Crippen molar-refractivity contribution < 1.29 is 13.3 Å². The average molecular weight is 259 g/mol. The van der Waals surface area contributed by atoms with Crippen molar-refractivity contribution in [3.8, 4) is 0 Å². The molecule has 0 fully saturated rings. The summed E-state index contributed by atoms with van der Waals surface area (Å²) in [4.78, 5) is 13.8. The van der Waals surface area contributed by atoms with Gasteiger partial charge in [0.15, 0.2) is 14.9 Å². The quantitative estimate of drug-likeness (QED) is 0.641. The molecule has 94 valence electrons. The maximum absolute atomic E-state index is 11.4. The van der Waals surface area contributed by atoms with Crippen LogP contribution in [-0.4, -0.2) is 24.6 Å². The van der Waals surface area contributed by atoms with E-state index < -0.39 is 14.8 Å². The summed E-state index contributed by atoms with van der Waals surface area (Å²) in [6, 6.07) is 1.20. The smallest absolute Gasteiger partial charge is 0.314 e. The molecule has 0 amide bonds. The summed E-state index contributed by atoms with van der Waals surface area (Å²) < 4.78 is 22.7. The summed E-state index contributed by atoms with van der Waals surface area (Å²) in [5.41, 5.74) is 5.38. The molecule has 0 aliphatic rings. The first-order valence-corrected chi connectivity index (χ1v) is 6.68. The largest absolute Gasteiger partial charge is 0.378 e. The molecule has 0 saturated carbocycles. The Bertz CT molecular complexity index is 566. The second-order valence-electron chi connectivity index (χ2n) is 3.97. The normalized spacial score (nSPS) is 11.8. The second-order valence-corrected chi connectivity index (χ2v) is 5.93. The third kappa shape index (κ3) is 2.70. The van der Waals surface area contributed by atoms with Crippen LogP contribution in [0.4, 0.5) is 11.5 Å². The summed E-state index contributed by atoms with van der Waals surface area (Å²) >= 11 is 0. The van der Waals surface area contributed by atoms with Crippen LogP contribution in [0.1, 0.15) is 25.3 Å². The molecule has 2 N–H and O–H groups in total. The Hall–Kier alpha value is -1.70. The van der Waals surface area contributed by atoms with Crippen molar-refractivity contribution in [2.75, 3.05) is 12.0 Å². The van der Waals surface area contributed by atoms with Gasteiger partial charge < -0.3 is 5.73 Å². The minimum absolute atomic E-state index is 0.221. The van der Waals surface area contributed by atoms with E-state index >= 15 is 0 Å². The summed E-state index contributed by atoms with van der Waals surface area (Å²) in [7, 11) is -3.54. The number of nitrogens with two attached hydrogens (primary N) is 1. The Morgan fingerprint density at radius 2 is 2.00 bits per heavy atom. The molecule has 0 spiro atoms. The van der Waals surface area contributed by atoms with Gasteiger partial charge >= 0.3 is 5.69 Å². The molecule has 8 heteroatoms. The zero-order valence-electron chi connectivity index (χ0n) is 9.67. The van der Waals surface area contributed by atoms with Crippen LogP contribution < -0.4 is 5.73 Å². The van der Waals surface area contributed by atoms with Gasteiger partial charge in [-0.05, 0) is 12.0 Å². The van der Waals surface area contributed by atoms with Crippen LogP contribution in [0.25, 0.3) is 0 Å². The first-order chi connectivity index (χ1) is 7.64. The summed E-state index contributed by atoms with van der Waals surface area (Å²) in [6.45, 7) is 3.43. The van der Waals surface area contributed by atoms with Crippen molar-refractivity contribution in [1.29, 1.82) is 0 Å². The van der Waals surface area contributed by atoms with Crippen molar-refractivity contribution in [2.45, 2.75) is 24.8 Å². The number of nitro groups is 1. The van der Waals surface area contributed by atoms with Gasteiger partial charge in [-0.2, -0.15) is 0 Å². The fourth-order valence-electron chi connectivity index (χ4n) is 1.38. The van der Waals surface area contributed by atoms with Gasteiger partial charge in [0.2, 0.25) is 5.82 Å². The Labute approximate surface area is 98.7 Å². The number of nitrogen functional groups attached to an aromatic ring is 1. The lowest BCUT2D eigenvalue weighted by Crippen LogP contribution is -2.09. The van der Waals surface area contributed by atoms with Crippen molar-refractivity contribution in [1.82, 2.24) is 4.98 Å². The number of nitrogens with zero attached hydrogens (tertiary/aromatic N) is 2. The molecular formula is C9H13N3O4S. The standard InChI is InChI=1S/C9H13N3O4S/c1-5(2)6-4-7(17(3,15)16)11-9(10)8(6)12(13)14/h4-5H,1-3H3,(H2,10,11). The molecule has 0 atom stereocenters. The highest BCUT2D eigenvalue weighted by Crippen LogP contribution is 2.32. The van der Waals surface area contributed by atoms with Crippen LogP contribution in [0.5, 0.6) is 0 Å². The highest BCUT2D eigenvalue weighted by molar-refractivity contribution is 7.90. The number of hydrogen-bond donors (Lipinski definition) is 1. The molecule has 1 rings (SSSR count). The number of anilines is 1. The van der Waals surface area contributed by atoms with E-state index in [0.29, 0.717) is 0 Å². The lowest BCUT2D eigenvalue weighted by Gasteiger charge is -2.09.